The number of carbonyl (C=O) groups is 2. The molecule has 0 aliphatic rings. The van der Waals surface area contributed by atoms with Gasteiger partial charge in [0.1, 0.15) is 0 Å². The van der Waals surface area contributed by atoms with Crippen molar-refractivity contribution in [2.24, 2.45) is 0 Å². The number of ether oxygens (including phenoxy) is 1. The summed E-state index contributed by atoms with van der Waals surface area (Å²) in [6.07, 6.45) is -0.304. The lowest BCUT2D eigenvalue weighted by atomic mass is 10.5. The lowest BCUT2D eigenvalue weighted by Gasteiger charge is -2.02. The first kappa shape index (κ1) is 12.1. The minimum absolute atomic E-state index is 0.156. The lowest BCUT2D eigenvalue weighted by Crippen LogP contribution is -2.25. The van der Waals surface area contributed by atoms with Gasteiger partial charge in [-0.25, -0.2) is 4.79 Å². The molecule has 0 saturated carbocycles. The Hall–Kier alpha value is -0.910. The van der Waals surface area contributed by atoms with Crippen molar-refractivity contribution in [1.29, 1.82) is 0 Å². The topological polar surface area (TPSA) is 75.6 Å². The van der Waals surface area contributed by atoms with Crippen LogP contribution in [0.5, 0.6) is 0 Å². The Morgan fingerprint density at radius 1 is 1.46 bits per heavy atom. The van der Waals surface area contributed by atoms with E-state index in [1.165, 1.54) is 18.9 Å². The Labute approximate surface area is 80.8 Å². The number of aliphatic carboxylic acids is 1. The van der Waals surface area contributed by atoms with Gasteiger partial charge in [0.2, 0.25) is 0 Å². The van der Waals surface area contributed by atoms with E-state index >= 15 is 0 Å². The molecule has 0 unspecified atom stereocenters. The van der Waals surface area contributed by atoms with Crippen LogP contribution in [0.3, 0.4) is 0 Å². The number of hydrogen-bond donors (Lipinski definition) is 2. The number of rotatable bonds is 6. The van der Waals surface area contributed by atoms with Gasteiger partial charge in [0.25, 0.3) is 0 Å². The summed E-state index contributed by atoms with van der Waals surface area (Å²) in [5.74, 6) is 0.467. The van der Waals surface area contributed by atoms with E-state index in [1.807, 2.05) is 0 Å². The van der Waals surface area contributed by atoms with Gasteiger partial charge in [0.15, 0.2) is 0 Å². The zero-order chi connectivity index (χ0) is 10.1. The summed E-state index contributed by atoms with van der Waals surface area (Å²) in [6, 6.07) is 0. The summed E-state index contributed by atoms with van der Waals surface area (Å²) in [7, 11) is 1.30. The standard InChI is InChI=1S/C7H13NO4S/c1-12-7(11)8-3-5-13-4-2-6(9)10/h2-5H2,1H3,(H,8,11)(H,9,10). The summed E-state index contributed by atoms with van der Waals surface area (Å²) in [5.41, 5.74) is 0. The number of carbonyl (C=O) groups excluding carboxylic acids is 1. The van der Waals surface area contributed by atoms with E-state index in [4.69, 9.17) is 5.11 Å². The Kier molecular flexibility index (Phi) is 7.18. The van der Waals surface area contributed by atoms with Crippen LogP contribution in [0.4, 0.5) is 4.79 Å². The predicted octanol–water partition coefficient (Wildman–Crippen LogP) is 0.550. The molecule has 76 valence electrons. The molecule has 0 spiro atoms. The highest BCUT2D eigenvalue weighted by atomic mass is 32.2. The molecule has 0 aliphatic heterocycles. The van der Waals surface area contributed by atoms with Crippen LogP contribution in [0.1, 0.15) is 6.42 Å². The largest absolute Gasteiger partial charge is 0.481 e. The number of hydrogen-bond acceptors (Lipinski definition) is 4. The summed E-state index contributed by atoms with van der Waals surface area (Å²) in [5, 5.41) is 10.8. The second kappa shape index (κ2) is 7.72. The number of thioether (sulfide) groups is 1. The van der Waals surface area contributed by atoms with Crippen molar-refractivity contribution in [2.45, 2.75) is 6.42 Å². The van der Waals surface area contributed by atoms with E-state index in [-0.39, 0.29) is 6.42 Å². The molecule has 0 bridgehead atoms. The first-order chi connectivity index (χ1) is 6.16. The average Bonchev–Trinajstić information content (AvgIpc) is 2.10. The molecule has 0 radical (unpaired) electrons. The molecule has 1 amide bonds. The Morgan fingerprint density at radius 3 is 2.69 bits per heavy atom. The maximum Gasteiger partial charge on any atom is 0.406 e. The van der Waals surface area contributed by atoms with Crippen molar-refractivity contribution in [2.75, 3.05) is 25.2 Å². The van der Waals surface area contributed by atoms with Crippen LogP contribution >= 0.6 is 11.8 Å². The van der Waals surface area contributed by atoms with Crippen molar-refractivity contribution in [1.82, 2.24) is 5.32 Å². The quantitative estimate of drug-likeness (QED) is 0.622. The van der Waals surface area contributed by atoms with Gasteiger partial charge in [-0.1, -0.05) is 0 Å². The molecule has 0 fully saturated rings. The smallest absolute Gasteiger partial charge is 0.406 e. The Morgan fingerprint density at radius 2 is 2.15 bits per heavy atom. The molecule has 0 aromatic carbocycles. The van der Waals surface area contributed by atoms with Gasteiger partial charge in [-0.3, -0.25) is 4.79 Å². The van der Waals surface area contributed by atoms with E-state index in [2.05, 4.69) is 10.1 Å². The fourth-order valence-electron chi connectivity index (χ4n) is 0.559. The molecule has 0 saturated heterocycles. The molecule has 2 N–H and O–H groups in total. The number of carboxylic acids is 1. The van der Waals surface area contributed by atoms with E-state index in [0.717, 1.165) is 0 Å². The van der Waals surface area contributed by atoms with Crippen molar-refractivity contribution < 1.29 is 19.4 Å². The van der Waals surface area contributed by atoms with Gasteiger partial charge < -0.3 is 15.2 Å². The zero-order valence-electron chi connectivity index (χ0n) is 7.41. The molecule has 0 heterocycles. The van der Waals surface area contributed by atoms with Gasteiger partial charge in [0, 0.05) is 18.1 Å². The van der Waals surface area contributed by atoms with E-state index < -0.39 is 12.1 Å². The summed E-state index contributed by atoms with van der Waals surface area (Å²) in [4.78, 5) is 20.6. The first-order valence-electron chi connectivity index (χ1n) is 3.78. The third-order valence-electron chi connectivity index (χ3n) is 1.16. The minimum atomic E-state index is -0.798. The fourth-order valence-corrected chi connectivity index (χ4v) is 1.33. The average molecular weight is 207 g/mol. The third-order valence-corrected chi connectivity index (χ3v) is 2.15. The minimum Gasteiger partial charge on any atom is -0.481 e. The molecule has 0 atom stereocenters. The molecular formula is C7H13NO4S. The van der Waals surface area contributed by atoms with Crippen LogP contribution in [0.15, 0.2) is 0 Å². The number of alkyl carbamates (subject to hydrolysis) is 1. The molecule has 6 heteroatoms. The molecule has 5 nitrogen and oxygen atoms in total. The van der Waals surface area contributed by atoms with Crippen LogP contribution in [0.2, 0.25) is 0 Å². The van der Waals surface area contributed by atoms with Crippen molar-refractivity contribution in [3.8, 4) is 0 Å². The number of carboxylic acid groups (broad SMARTS) is 1. The summed E-state index contributed by atoms with van der Waals surface area (Å²) < 4.78 is 4.34. The first-order valence-corrected chi connectivity index (χ1v) is 4.93. The number of amides is 1. The molecule has 0 aromatic heterocycles. The van der Waals surface area contributed by atoms with Crippen molar-refractivity contribution >= 4 is 23.8 Å². The normalized spacial score (nSPS) is 9.31. The maximum absolute atomic E-state index is 10.5. The maximum atomic E-state index is 10.5. The molecule has 0 aliphatic carbocycles. The van der Waals surface area contributed by atoms with E-state index in [9.17, 15) is 9.59 Å². The van der Waals surface area contributed by atoms with Crippen LogP contribution in [0, 0.1) is 0 Å². The molecule has 0 aromatic rings. The monoisotopic (exact) mass is 207 g/mol. The van der Waals surface area contributed by atoms with Crippen molar-refractivity contribution in [3.63, 3.8) is 0 Å². The van der Waals surface area contributed by atoms with Gasteiger partial charge in [-0.2, -0.15) is 11.8 Å². The second-order valence-corrected chi connectivity index (χ2v) is 3.40. The molecular weight excluding hydrogens is 194 g/mol. The van der Waals surface area contributed by atoms with Crippen LogP contribution in [-0.2, 0) is 9.53 Å². The van der Waals surface area contributed by atoms with Gasteiger partial charge >= 0.3 is 12.1 Å². The highest BCUT2D eigenvalue weighted by molar-refractivity contribution is 7.99. The third kappa shape index (κ3) is 9.00. The Bertz CT molecular complexity index is 174. The van der Waals surface area contributed by atoms with Gasteiger partial charge in [0.05, 0.1) is 13.5 Å². The highest BCUT2D eigenvalue weighted by Crippen LogP contribution is 2.00. The zero-order valence-corrected chi connectivity index (χ0v) is 8.23. The molecule has 13 heavy (non-hydrogen) atoms. The highest BCUT2D eigenvalue weighted by Gasteiger charge is 1.98. The van der Waals surface area contributed by atoms with Crippen molar-refractivity contribution in [3.05, 3.63) is 0 Å². The van der Waals surface area contributed by atoms with Crippen LogP contribution in [0.25, 0.3) is 0 Å². The van der Waals surface area contributed by atoms with Crippen LogP contribution < -0.4 is 5.32 Å². The van der Waals surface area contributed by atoms with Crippen LogP contribution in [-0.4, -0.2) is 42.3 Å². The van der Waals surface area contributed by atoms with E-state index in [0.29, 0.717) is 18.1 Å². The molecule has 0 rings (SSSR count). The van der Waals surface area contributed by atoms with Gasteiger partial charge in [-0.05, 0) is 0 Å². The number of nitrogens with one attached hydrogen (secondary N) is 1. The van der Waals surface area contributed by atoms with E-state index in [1.54, 1.807) is 0 Å². The van der Waals surface area contributed by atoms with Gasteiger partial charge in [-0.15, -0.1) is 0 Å². The second-order valence-electron chi connectivity index (χ2n) is 2.17. The predicted molar refractivity (Wildman–Crippen MR) is 50.0 cm³/mol. The fraction of sp³-hybridized carbons (Fsp3) is 0.714. The Balaban J connectivity index is 3.08. The summed E-state index contributed by atoms with van der Waals surface area (Å²) in [6.45, 7) is 0.497. The lowest BCUT2D eigenvalue weighted by molar-refractivity contribution is -0.136. The summed E-state index contributed by atoms with van der Waals surface area (Å²) >= 11 is 1.48. The SMILES string of the molecule is COC(=O)NCCSCCC(=O)O. The number of methoxy groups -OCH3 is 1.